The molecule has 1 amide bonds. The fourth-order valence-corrected chi connectivity index (χ4v) is 4.28. The second kappa shape index (κ2) is 9.45. The van der Waals surface area contributed by atoms with Gasteiger partial charge in [0.25, 0.3) is 5.91 Å². The summed E-state index contributed by atoms with van der Waals surface area (Å²) in [5, 5.41) is 0. The number of nitrogens with zero attached hydrogens (tertiary/aromatic N) is 2. The number of rotatable bonds is 6. The van der Waals surface area contributed by atoms with Crippen molar-refractivity contribution in [2.45, 2.75) is 6.54 Å². The van der Waals surface area contributed by atoms with Gasteiger partial charge in [-0.05, 0) is 42.5 Å². The highest BCUT2D eigenvalue weighted by Gasteiger charge is 2.15. The van der Waals surface area contributed by atoms with Crippen molar-refractivity contribution in [3.05, 3.63) is 101 Å². The molecule has 0 atom stereocenters. The average molecular weight is 445 g/mol. The molecule has 0 aliphatic rings. The van der Waals surface area contributed by atoms with Gasteiger partial charge in [-0.3, -0.25) is 4.79 Å². The maximum absolute atomic E-state index is 13.1. The van der Waals surface area contributed by atoms with E-state index in [1.165, 1.54) is 18.4 Å². The van der Waals surface area contributed by atoms with Gasteiger partial charge in [-0.15, -0.1) is 6.58 Å². The Morgan fingerprint density at radius 1 is 1.06 bits per heavy atom. The molecular weight excluding hydrogens is 424 g/mol. The molecule has 0 saturated heterocycles. The van der Waals surface area contributed by atoms with E-state index in [-0.39, 0.29) is 0 Å². The Morgan fingerprint density at radius 3 is 2.56 bits per heavy atom. The summed E-state index contributed by atoms with van der Waals surface area (Å²) < 4.78 is 13.4. The van der Waals surface area contributed by atoms with Gasteiger partial charge < -0.3 is 14.0 Å². The van der Waals surface area contributed by atoms with E-state index >= 15 is 0 Å². The third kappa shape index (κ3) is 4.38. The van der Waals surface area contributed by atoms with Crippen molar-refractivity contribution in [3.8, 4) is 11.5 Å². The lowest BCUT2D eigenvalue weighted by Crippen LogP contribution is -2.16. The number of carbonyl (C=O) groups excluding carboxylic acids is 2. The number of benzene rings is 3. The normalized spacial score (nSPS) is 11.3. The molecule has 0 radical (unpaired) electrons. The Kier molecular flexibility index (Phi) is 6.28. The Hall–Kier alpha value is -3.97. The number of fused-ring (bicyclic) bond motifs is 1. The maximum atomic E-state index is 13.1. The van der Waals surface area contributed by atoms with Crippen LogP contribution in [-0.2, 0) is 11.3 Å². The van der Waals surface area contributed by atoms with Crippen LogP contribution in [-0.4, -0.2) is 23.6 Å². The molecule has 4 rings (SSSR count). The second-order valence-electron chi connectivity index (χ2n) is 6.79. The number of hydrogen-bond acceptors (Lipinski definition) is 5. The fraction of sp³-hybridized carbons (Fsp3) is 0.0800. The van der Waals surface area contributed by atoms with Crippen LogP contribution in [0.5, 0.6) is 11.5 Å². The molecule has 160 valence electrons. The van der Waals surface area contributed by atoms with Crippen molar-refractivity contribution in [2.75, 3.05) is 7.11 Å². The highest BCUT2D eigenvalue weighted by Crippen LogP contribution is 2.26. The largest absolute Gasteiger partial charge is 0.465 e. The van der Waals surface area contributed by atoms with Crippen LogP contribution in [0.3, 0.4) is 0 Å². The van der Waals surface area contributed by atoms with Crippen molar-refractivity contribution in [1.29, 1.82) is 0 Å². The number of aromatic nitrogens is 1. The van der Waals surface area contributed by atoms with Gasteiger partial charge >= 0.3 is 5.97 Å². The molecule has 0 aliphatic carbocycles. The first-order chi connectivity index (χ1) is 15.6. The predicted octanol–water partition coefficient (Wildman–Crippen LogP) is 5.21. The van der Waals surface area contributed by atoms with Gasteiger partial charge in [0, 0.05) is 6.54 Å². The molecule has 1 aromatic heterocycles. The lowest BCUT2D eigenvalue weighted by Gasteiger charge is -2.08. The van der Waals surface area contributed by atoms with Gasteiger partial charge in [0.1, 0.15) is 11.5 Å². The van der Waals surface area contributed by atoms with Crippen molar-refractivity contribution >= 4 is 33.4 Å². The number of para-hydroxylation sites is 2. The first-order valence-electron chi connectivity index (χ1n) is 9.84. The van der Waals surface area contributed by atoms with Crippen LogP contribution >= 0.6 is 11.3 Å². The Balaban J connectivity index is 1.77. The topological polar surface area (TPSA) is 69.9 Å². The van der Waals surface area contributed by atoms with E-state index in [2.05, 4.69) is 11.6 Å². The van der Waals surface area contributed by atoms with E-state index in [1.807, 2.05) is 41.0 Å². The Labute approximate surface area is 188 Å². The van der Waals surface area contributed by atoms with Crippen LogP contribution < -0.4 is 9.54 Å². The van der Waals surface area contributed by atoms with E-state index < -0.39 is 11.9 Å². The second-order valence-corrected chi connectivity index (χ2v) is 7.80. The number of hydrogen-bond donors (Lipinski definition) is 0. The molecule has 0 fully saturated rings. The van der Waals surface area contributed by atoms with Crippen LogP contribution in [0, 0.1) is 0 Å². The molecule has 1 heterocycles. The van der Waals surface area contributed by atoms with Crippen molar-refractivity contribution in [2.24, 2.45) is 4.99 Å². The molecule has 7 heteroatoms. The molecule has 0 N–H and O–H groups in total. The highest BCUT2D eigenvalue weighted by atomic mass is 32.1. The molecule has 32 heavy (non-hydrogen) atoms. The molecule has 3 aromatic carbocycles. The monoisotopic (exact) mass is 444 g/mol. The van der Waals surface area contributed by atoms with Gasteiger partial charge in [0.2, 0.25) is 0 Å². The van der Waals surface area contributed by atoms with Crippen LogP contribution in [0.2, 0.25) is 0 Å². The summed E-state index contributed by atoms with van der Waals surface area (Å²) in [6, 6.07) is 21.5. The summed E-state index contributed by atoms with van der Waals surface area (Å²) in [6.07, 6.45) is 1.73. The average Bonchev–Trinajstić information content (AvgIpc) is 3.15. The van der Waals surface area contributed by atoms with E-state index in [1.54, 1.807) is 42.5 Å². The molecule has 0 aliphatic heterocycles. The van der Waals surface area contributed by atoms with E-state index in [9.17, 15) is 9.59 Å². The number of esters is 1. The van der Waals surface area contributed by atoms with Gasteiger partial charge in [-0.25, -0.2) is 4.79 Å². The molecule has 0 unspecified atom stereocenters. The predicted molar refractivity (Wildman–Crippen MR) is 124 cm³/mol. The number of ether oxygens (including phenoxy) is 2. The smallest absolute Gasteiger partial charge is 0.337 e. The quantitative estimate of drug-likeness (QED) is 0.302. The minimum Gasteiger partial charge on any atom is -0.465 e. The van der Waals surface area contributed by atoms with Gasteiger partial charge in [-0.2, -0.15) is 4.99 Å². The highest BCUT2D eigenvalue weighted by molar-refractivity contribution is 7.16. The molecular formula is C25H20N2O4S. The van der Waals surface area contributed by atoms with Gasteiger partial charge in [0.05, 0.1) is 28.5 Å². The zero-order valence-corrected chi connectivity index (χ0v) is 18.2. The Bertz CT molecular complexity index is 1370. The first kappa shape index (κ1) is 21.3. The summed E-state index contributed by atoms with van der Waals surface area (Å²) in [5.41, 5.74) is 1.64. The zero-order valence-electron chi connectivity index (χ0n) is 17.4. The van der Waals surface area contributed by atoms with Crippen LogP contribution in [0.4, 0.5) is 0 Å². The summed E-state index contributed by atoms with van der Waals surface area (Å²) in [5.74, 6) is 0.217. The van der Waals surface area contributed by atoms with Gasteiger partial charge in [-0.1, -0.05) is 47.7 Å². The number of thiazole rings is 1. The molecule has 0 spiro atoms. The van der Waals surface area contributed by atoms with Crippen LogP contribution in [0.25, 0.3) is 10.2 Å². The standard InChI is InChI=1S/C25H20N2O4S/c1-3-15-27-20-14-13-17(24(29)30-2)16-22(20)32-25(27)26-23(28)19-11-7-8-12-21(19)31-18-9-5-4-6-10-18/h3-14,16H,1,15H2,2H3. The summed E-state index contributed by atoms with van der Waals surface area (Å²) >= 11 is 1.32. The van der Waals surface area contributed by atoms with Crippen molar-refractivity contribution < 1.29 is 19.1 Å². The van der Waals surface area contributed by atoms with Crippen molar-refractivity contribution in [3.63, 3.8) is 0 Å². The summed E-state index contributed by atoms with van der Waals surface area (Å²) in [4.78, 5) is 29.9. The van der Waals surface area contributed by atoms with Crippen LogP contribution in [0.15, 0.2) is 90.4 Å². The summed E-state index contributed by atoms with van der Waals surface area (Å²) in [7, 11) is 1.34. The van der Waals surface area contributed by atoms with E-state index in [0.717, 1.165) is 10.2 Å². The number of amides is 1. The molecule has 0 saturated carbocycles. The minimum absolute atomic E-state index is 0.356. The first-order valence-corrected chi connectivity index (χ1v) is 10.7. The third-order valence-electron chi connectivity index (χ3n) is 4.70. The van der Waals surface area contributed by atoms with Crippen molar-refractivity contribution in [1.82, 2.24) is 4.57 Å². The molecule has 0 bridgehead atoms. The fourth-order valence-electron chi connectivity index (χ4n) is 3.20. The van der Waals surface area contributed by atoms with Gasteiger partial charge in [0.15, 0.2) is 4.80 Å². The van der Waals surface area contributed by atoms with Crippen LogP contribution in [0.1, 0.15) is 20.7 Å². The lowest BCUT2D eigenvalue weighted by atomic mass is 10.2. The molecule has 4 aromatic rings. The van der Waals surface area contributed by atoms with E-state index in [4.69, 9.17) is 9.47 Å². The maximum Gasteiger partial charge on any atom is 0.337 e. The lowest BCUT2D eigenvalue weighted by molar-refractivity contribution is 0.0600. The Morgan fingerprint density at radius 2 is 1.81 bits per heavy atom. The zero-order chi connectivity index (χ0) is 22.5. The summed E-state index contributed by atoms with van der Waals surface area (Å²) in [6.45, 7) is 4.27. The SMILES string of the molecule is C=CCn1c(=NC(=O)c2ccccc2Oc2ccccc2)sc2cc(C(=O)OC)ccc21. The molecule has 6 nitrogen and oxygen atoms in total. The number of carbonyl (C=O) groups is 2. The number of allylic oxidation sites excluding steroid dienone is 1. The van der Waals surface area contributed by atoms with E-state index in [0.29, 0.717) is 34.0 Å². The number of methoxy groups -OCH3 is 1. The third-order valence-corrected chi connectivity index (χ3v) is 5.74. The minimum atomic E-state index is -0.422.